The smallest absolute Gasteiger partial charge is 0.223 e. The average molecular weight is 441 g/mol. The first-order valence-corrected chi connectivity index (χ1v) is 10.8. The molecule has 0 radical (unpaired) electrons. The predicted octanol–water partition coefficient (Wildman–Crippen LogP) is 3.64. The Kier molecular flexibility index (Phi) is 5.48. The molecule has 3 aromatic heterocycles. The number of hydrogen-bond donors (Lipinski definition) is 0. The van der Waals surface area contributed by atoms with Crippen LogP contribution in [-0.4, -0.2) is 49.2 Å². The average Bonchev–Trinajstić information content (AvgIpc) is 3.47. The van der Waals surface area contributed by atoms with Gasteiger partial charge in [-0.2, -0.15) is 5.10 Å². The van der Waals surface area contributed by atoms with Crippen LogP contribution in [0, 0.1) is 0 Å². The third kappa shape index (κ3) is 4.15. The summed E-state index contributed by atoms with van der Waals surface area (Å²) in [7, 11) is 3.47. The van der Waals surface area contributed by atoms with Crippen LogP contribution in [0.25, 0.3) is 22.4 Å². The highest BCUT2D eigenvalue weighted by Crippen LogP contribution is 2.24. The van der Waals surface area contributed by atoms with E-state index >= 15 is 0 Å². The Labute approximate surface area is 191 Å². The molecule has 33 heavy (non-hydrogen) atoms. The van der Waals surface area contributed by atoms with E-state index in [-0.39, 0.29) is 5.91 Å². The van der Waals surface area contributed by atoms with E-state index in [9.17, 15) is 4.79 Å². The van der Waals surface area contributed by atoms with Crippen LogP contribution >= 0.6 is 0 Å². The van der Waals surface area contributed by atoms with Crippen molar-refractivity contribution in [3.8, 4) is 17.0 Å². The molecule has 0 N–H and O–H groups in total. The number of carbonyl (C=O) groups is 1. The van der Waals surface area contributed by atoms with Crippen LogP contribution in [-0.2, 0) is 17.8 Å². The van der Waals surface area contributed by atoms with Gasteiger partial charge in [0.15, 0.2) is 5.65 Å². The van der Waals surface area contributed by atoms with Crippen molar-refractivity contribution in [1.82, 2.24) is 29.1 Å². The molecule has 0 bridgehead atoms. The van der Waals surface area contributed by atoms with E-state index in [1.165, 1.54) is 0 Å². The number of fused-ring (bicyclic) bond motifs is 3. The van der Waals surface area contributed by atoms with Gasteiger partial charge in [0.1, 0.15) is 17.1 Å². The van der Waals surface area contributed by atoms with Crippen LogP contribution in [0.15, 0.2) is 73.1 Å². The molecule has 0 aliphatic carbocycles. The Morgan fingerprint density at radius 2 is 1.82 bits per heavy atom. The molecular formula is C25H24N6O2. The Hall–Kier alpha value is -4.20. The van der Waals surface area contributed by atoms with Crippen molar-refractivity contribution in [3.05, 3.63) is 84.4 Å². The van der Waals surface area contributed by atoms with E-state index in [1.807, 2.05) is 84.5 Å². The van der Waals surface area contributed by atoms with Crippen molar-refractivity contribution >= 4 is 17.1 Å². The lowest BCUT2D eigenvalue weighted by Gasteiger charge is -2.17. The number of methoxy groups -OCH3 is 1. The molecule has 5 rings (SSSR count). The van der Waals surface area contributed by atoms with Crippen LogP contribution in [0.4, 0.5) is 0 Å². The lowest BCUT2D eigenvalue weighted by Crippen LogP contribution is -2.26. The molecule has 8 nitrogen and oxygen atoms in total. The van der Waals surface area contributed by atoms with Gasteiger partial charge in [-0.15, -0.1) is 10.2 Å². The van der Waals surface area contributed by atoms with Crippen LogP contribution in [0.3, 0.4) is 0 Å². The summed E-state index contributed by atoms with van der Waals surface area (Å²) in [5.41, 5.74) is 4.51. The van der Waals surface area contributed by atoms with Crippen molar-refractivity contribution in [1.29, 1.82) is 0 Å². The number of amides is 1. The van der Waals surface area contributed by atoms with Gasteiger partial charge in [-0.3, -0.25) is 9.20 Å². The monoisotopic (exact) mass is 440 g/mol. The lowest BCUT2D eigenvalue weighted by molar-refractivity contribution is -0.130. The van der Waals surface area contributed by atoms with Crippen molar-refractivity contribution < 1.29 is 9.53 Å². The summed E-state index contributed by atoms with van der Waals surface area (Å²) in [6, 6.07) is 19.7. The van der Waals surface area contributed by atoms with Gasteiger partial charge in [-0.25, -0.2) is 4.52 Å². The zero-order valence-electron chi connectivity index (χ0n) is 18.5. The summed E-state index contributed by atoms with van der Waals surface area (Å²) >= 11 is 0. The molecule has 0 atom stereocenters. The van der Waals surface area contributed by atoms with Gasteiger partial charge in [-0.1, -0.05) is 30.3 Å². The molecule has 1 amide bonds. The Morgan fingerprint density at radius 1 is 1.03 bits per heavy atom. The molecule has 2 aromatic carbocycles. The van der Waals surface area contributed by atoms with E-state index in [4.69, 9.17) is 4.74 Å². The summed E-state index contributed by atoms with van der Waals surface area (Å²) in [5, 5.41) is 13.4. The van der Waals surface area contributed by atoms with E-state index in [2.05, 4.69) is 15.3 Å². The SMILES string of the molecule is COc1ccc(-c2cc3c4nnc(CCC(=O)N(C)Cc5ccccc5)n4ccn3n2)cc1. The molecule has 0 aliphatic rings. The number of ether oxygens (including phenoxy) is 1. The van der Waals surface area contributed by atoms with E-state index in [0.717, 1.165) is 33.9 Å². The third-order valence-corrected chi connectivity index (χ3v) is 5.72. The molecule has 5 aromatic rings. The maximum atomic E-state index is 12.6. The van der Waals surface area contributed by atoms with Crippen LogP contribution < -0.4 is 4.74 Å². The first kappa shape index (κ1) is 20.7. The molecule has 0 unspecified atom stereocenters. The maximum absolute atomic E-state index is 12.6. The number of nitrogens with zero attached hydrogens (tertiary/aromatic N) is 6. The Balaban J connectivity index is 1.34. The molecule has 0 aliphatic heterocycles. The van der Waals surface area contributed by atoms with E-state index < -0.39 is 0 Å². The van der Waals surface area contributed by atoms with Gasteiger partial charge >= 0.3 is 0 Å². The van der Waals surface area contributed by atoms with Gasteiger partial charge in [-0.05, 0) is 35.9 Å². The van der Waals surface area contributed by atoms with Crippen molar-refractivity contribution in [2.24, 2.45) is 0 Å². The number of aromatic nitrogens is 5. The van der Waals surface area contributed by atoms with E-state index in [0.29, 0.717) is 25.0 Å². The van der Waals surface area contributed by atoms with Gasteiger partial charge < -0.3 is 9.64 Å². The molecule has 0 saturated carbocycles. The maximum Gasteiger partial charge on any atom is 0.223 e. The number of rotatable bonds is 7. The Bertz CT molecular complexity index is 1410. The normalized spacial score (nSPS) is 11.2. The predicted molar refractivity (Wildman–Crippen MR) is 125 cm³/mol. The summed E-state index contributed by atoms with van der Waals surface area (Å²) < 4.78 is 8.96. The number of aryl methyl sites for hydroxylation is 1. The number of carbonyl (C=O) groups excluding carboxylic acids is 1. The lowest BCUT2D eigenvalue weighted by atomic mass is 10.1. The van der Waals surface area contributed by atoms with Gasteiger partial charge in [0.2, 0.25) is 5.91 Å². The van der Waals surface area contributed by atoms with Crippen LogP contribution in [0.5, 0.6) is 5.75 Å². The zero-order chi connectivity index (χ0) is 22.8. The summed E-state index contributed by atoms with van der Waals surface area (Å²) in [5.74, 6) is 1.62. The second-order valence-corrected chi connectivity index (χ2v) is 7.93. The van der Waals surface area contributed by atoms with Gasteiger partial charge in [0.05, 0.1) is 12.8 Å². The minimum Gasteiger partial charge on any atom is -0.497 e. The molecular weight excluding hydrogens is 416 g/mol. The molecule has 166 valence electrons. The third-order valence-electron chi connectivity index (χ3n) is 5.72. The summed E-state index contributed by atoms with van der Waals surface area (Å²) in [6.45, 7) is 0.588. The van der Waals surface area contributed by atoms with Crippen molar-refractivity contribution in [3.63, 3.8) is 0 Å². The summed E-state index contributed by atoms with van der Waals surface area (Å²) in [4.78, 5) is 14.4. The fraction of sp³-hybridized carbons (Fsp3) is 0.200. The van der Waals surface area contributed by atoms with Crippen LogP contribution in [0.1, 0.15) is 17.8 Å². The number of hydrogen-bond acceptors (Lipinski definition) is 5. The van der Waals surface area contributed by atoms with Gasteiger partial charge in [0.25, 0.3) is 0 Å². The fourth-order valence-electron chi connectivity index (χ4n) is 3.89. The topological polar surface area (TPSA) is 77.0 Å². The standard InChI is InChI=1S/C25H24N6O2/c1-29(17-18-6-4-3-5-7-18)24(32)13-12-23-26-27-25-22-16-21(28-31(22)15-14-30(23)25)19-8-10-20(33-2)11-9-19/h3-11,14-16H,12-13,17H2,1-2H3. The van der Waals surface area contributed by atoms with Gasteiger partial charge in [0, 0.05) is 44.4 Å². The fourth-order valence-corrected chi connectivity index (χ4v) is 3.89. The molecule has 8 heteroatoms. The van der Waals surface area contributed by atoms with E-state index in [1.54, 1.807) is 16.5 Å². The van der Waals surface area contributed by atoms with Crippen molar-refractivity contribution in [2.45, 2.75) is 19.4 Å². The summed E-state index contributed by atoms with van der Waals surface area (Å²) in [6.07, 6.45) is 4.65. The zero-order valence-corrected chi connectivity index (χ0v) is 18.5. The first-order valence-electron chi connectivity index (χ1n) is 10.8. The highest BCUT2D eigenvalue weighted by molar-refractivity contribution is 5.77. The molecule has 0 spiro atoms. The highest BCUT2D eigenvalue weighted by atomic mass is 16.5. The van der Waals surface area contributed by atoms with Crippen LogP contribution in [0.2, 0.25) is 0 Å². The molecule has 0 saturated heterocycles. The number of benzene rings is 2. The minimum atomic E-state index is 0.0721. The second-order valence-electron chi connectivity index (χ2n) is 7.93. The highest BCUT2D eigenvalue weighted by Gasteiger charge is 2.15. The molecule has 3 heterocycles. The largest absolute Gasteiger partial charge is 0.497 e. The first-order chi connectivity index (χ1) is 16.1. The molecule has 0 fully saturated rings. The minimum absolute atomic E-state index is 0.0721. The quantitative estimate of drug-likeness (QED) is 0.386. The Morgan fingerprint density at radius 3 is 2.58 bits per heavy atom. The second kappa shape index (κ2) is 8.74. The van der Waals surface area contributed by atoms with Crippen molar-refractivity contribution in [2.75, 3.05) is 14.2 Å².